The van der Waals surface area contributed by atoms with Gasteiger partial charge in [0.15, 0.2) is 0 Å². The Hall–Kier alpha value is -3.20. The summed E-state index contributed by atoms with van der Waals surface area (Å²) < 4.78 is 11.0. The van der Waals surface area contributed by atoms with Gasteiger partial charge in [0.25, 0.3) is 0 Å². The second-order valence-electron chi connectivity index (χ2n) is 7.78. The van der Waals surface area contributed by atoms with Crippen LogP contribution in [0, 0.1) is 0 Å². The zero-order valence-corrected chi connectivity index (χ0v) is 17.7. The predicted octanol–water partition coefficient (Wildman–Crippen LogP) is 2.42. The smallest absolute Gasteiger partial charge is 0.415 e. The summed E-state index contributed by atoms with van der Waals surface area (Å²) in [7, 11) is 1.61. The molecule has 0 saturated carbocycles. The average Bonchev–Trinajstić information content (AvgIpc) is 2.67. The molecular formula is C21H28N4O5. The standard InChI is InChI=1S/C21H28N4O5/c1-21(2,3)30-20(28)25(4)17-7-5-6-15(24-17)10-11-29-18-9-8-14(13-23-18)12-16(22)19(26)27/h5-9,13,16H,10-12,22H2,1-4H3,(H,26,27)/t16-/m0/s1. The zero-order valence-electron chi connectivity index (χ0n) is 17.7. The molecule has 0 saturated heterocycles. The Bertz CT molecular complexity index is 864. The maximum atomic E-state index is 12.2. The highest BCUT2D eigenvalue weighted by molar-refractivity contribution is 5.85. The van der Waals surface area contributed by atoms with E-state index in [1.165, 1.54) is 4.90 Å². The van der Waals surface area contributed by atoms with Crippen molar-refractivity contribution >= 4 is 17.9 Å². The van der Waals surface area contributed by atoms with Crippen molar-refractivity contribution in [3.05, 3.63) is 47.8 Å². The fourth-order valence-electron chi connectivity index (χ4n) is 2.44. The van der Waals surface area contributed by atoms with Gasteiger partial charge in [-0.3, -0.25) is 9.69 Å². The van der Waals surface area contributed by atoms with Gasteiger partial charge in [0.2, 0.25) is 5.88 Å². The molecule has 0 unspecified atom stereocenters. The molecule has 0 aliphatic heterocycles. The summed E-state index contributed by atoms with van der Waals surface area (Å²) in [6, 6.07) is 7.84. The number of hydrogen-bond donors (Lipinski definition) is 2. The first kappa shape index (κ1) is 23.1. The second-order valence-corrected chi connectivity index (χ2v) is 7.78. The summed E-state index contributed by atoms with van der Waals surface area (Å²) in [6.07, 6.45) is 1.79. The summed E-state index contributed by atoms with van der Waals surface area (Å²) in [5, 5.41) is 8.85. The van der Waals surface area contributed by atoms with Crippen molar-refractivity contribution in [2.75, 3.05) is 18.6 Å². The molecule has 30 heavy (non-hydrogen) atoms. The normalized spacial score (nSPS) is 12.2. The molecule has 162 valence electrons. The Morgan fingerprint density at radius 1 is 1.23 bits per heavy atom. The van der Waals surface area contributed by atoms with Crippen LogP contribution in [0.4, 0.5) is 10.6 Å². The maximum Gasteiger partial charge on any atom is 0.415 e. The summed E-state index contributed by atoms with van der Waals surface area (Å²) in [5.41, 5.74) is 6.41. The molecular weight excluding hydrogens is 388 g/mol. The number of nitrogens with zero attached hydrogens (tertiary/aromatic N) is 3. The monoisotopic (exact) mass is 416 g/mol. The largest absolute Gasteiger partial charge is 0.480 e. The second kappa shape index (κ2) is 10.0. The Balaban J connectivity index is 1.89. The van der Waals surface area contributed by atoms with Crippen molar-refractivity contribution in [2.45, 2.75) is 45.3 Å². The van der Waals surface area contributed by atoms with Crippen LogP contribution in [0.25, 0.3) is 0 Å². The molecule has 0 bridgehead atoms. The Morgan fingerprint density at radius 2 is 1.97 bits per heavy atom. The highest BCUT2D eigenvalue weighted by atomic mass is 16.6. The van der Waals surface area contributed by atoms with E-state index in [4.69, 9.17) is 20.3 Å². The van der Waals surface area contributed by atoms with Gasteiger partial charge in [-0.25, -0.2) is 14.8 Å². The van der Waals surface area contributed by atoms with Gasteiger partial charge in [0.1, 0.15) is 17.5 Å². The lowest BCUT2D eigenvalue weighted by Gasteiger charge is -2.24. The van der Waals surface area contributed by atoms with E-state index in [2.05, 4.69) is 9.97 Å². The van der Waals surface area contributed by atoms with Crippen molar-refractivity contribution < 1.29 is 24.2 Å². The molecule has 0 aliphatic carbocycles. The number of ether oxygens (including phenoxy) is 2. The number of carboxylic acid groups (broad SMARTS) is 1. The van der Waals surface area contributed by atoms with Gasteiger partial charge in [-0.05, 0) is 44.9 Å². The average molecular weight is 416 g/mol. The van der Waals surface area contributed by atoms with Crippen molar-refractivity contribution in [3.63, 3.8) is 0 Å². The van der Waals surface area contributed by atoms with Crippen LogP contribution < -0.4 is 15.4 Å². The lowest BCUT2D eigenvalue weighted by molar-refractivity contribution is -0.138. The molecule has 0 radical (unpaired) electrons. The molecule has 1 atom stereocenters. The number of carbonyl (C=O) groups excluding carboxylic acids is 1. The topological polar surface area (TPSA) is 128 Å². The van der Waals surface area contributed by atoms with Gasteiger partial charge in [-0.2, -0.15) is 0 Å². The van der Waals surface area contributed by atoms with E-state index in [0.717, 1.165) is 11.3 Å². The summed E-state index contributed by atoms with van der Waals surface area (Å²) >= 11 is 0. The van der Waals surface area contributed by atoms with E-state index in [9.17, 15) is 9.59 Å². The highest BCUT2D eigenvalue weighted by Gasteiger charge is 2.21. The number of carbonyl (C=O) groups is 2. The van der Waals surface area contributed by atoms with Crippen LogP contribution in [0.5, 0.6) is 5.88 Å². The van der Waals surface area contributed by atoms with Crippen LogP contribution in [0.2, 0.25) is 0 Å². The highest BCUT2D eigenvalue weighted by Crippen LogP contribution is 2.16. The number of amides is 1. The van der Waals surface area contributed by atoms with Crippen molar-refractivity contribution in [1.82, 2.24) is 9.97 Å². The summed E-state index contributed by atoms with van der Waals surface area (Å²) in [4.78, 5) is 33.0. The lowest BCUT2D eigenvalue weighted by Crippen LogP contribution is -2.34. The molecule has 9 heteroatoms. The van der Waals surface area contributed by atoms with Gasteiger partial charge >= 0.3 is 12.1 Å². The first-order chi connectivity index (χ1) is 14.0. The molecule has 3 N–H and O–H groups in total. The van der Waals surface area contributed by atoms with E-state index in [-0.39, 0.29) is 6.42 Å². The predicted molar refractivity (Wildman–Crippen MR) is 112 cm³/mol. The molecule has 2 heterocycles. The molecule has 1 amide bonds. The minimum absolute atomic E-state index is 0.199. The van der Waals surface area contributed by atoms with Crippen LogP contribution >= 0.6 is 0 Å². The Kier molecular flexibility index (Phi) is 7.71. The Morgan fingerprint density at radius 3 is 2.57 bits per heavy atom. The molecule has 2 rings (SSSR count). The minimum Gasteiger partial charge on any atom is -0.480 e. The van der Waals surface area contributed by atoms with Crippen molar-refractivity contribution in [2.24, 2.45) is 5.73 Å². The molecule has 0 aromatic carbocycles. The number of carboxylic acids is 1. The van der Waals surface area contributed by atoms with Crippen molar-refractivity contribution in [3.8, 4) is 5.88 Å². The lowest BCUT2D eigenvalue weighted by atomic mass is 10.1. The number of nitrogens with two attached hydrogens (primary N) is 1. The number of pyridine rings is 2. The quantitative estimate of drug-likeness (QED) is 0.671. The molecule has 2 aromatic rings. The first-order valence-electron chi connectivity index (χ1n) is 9.54. The molecule has 0 aliphatic rings. The zero-order chi connectivity index (χ0) is 22.3. The molecule has 9 nitrogen and oxygen atoms in total. The number of anilines is 1. The van der Waals surface area contributed by atoms with E-state index >= 15 is 0 Å². The van der Waals surface area contributed by atoms with Gasteiger partial charge in [0.05, 0.1) is 6.61 Å². The van der Waals surface area contributed by atoms with E-state index in [1.54, 1.807) is 52.2 Å². The molecule has 0 fully saturated rings. The van der Waals surface area contributed by atoms with Gasteiger partial charge in [-0.15, -0.1) is 0 Å². The molecule has 2 aromatic heterocycles. The van der Waals surface area contributed by atoms with Gasteiger partial charge in [-0.1, -0.05) is 12.1 Å². The summed E-state index contributed by atoms with van der Waals surface area (Å²) in [5.74, 6) is -0.147. The third-order valence-corrected chi connectivity index (χ3v) is 3.98. The maximum absolute atomic E-state index is 12.2. The number of aliphatic carboxylic acids is 1. The van der Waals surface area contributed by atoms with E-state index in [1.807, 2.05) is 12.1 Å². The van der Waals surface area contributed by atoms with E-state index in [0.29, 0.717) is 24.7 Å². The van der Waals surface area contributed by atoms with Crippen LogP contribution in [0.1, 0.15) is 32.0 Å². The van der Waals surface area contributed by atoms with Crippen molar-refractivity contribution in [1.29, 1.82) is 0 Å². The van der Waals surface area contributed by atoms with Crippen LogP contribution in [-0.4, -0.2) is 52.4 Å². The third-order valence-electron chi connectivity index (χ3n) is 3.98. The Labute approximate surface area is 175 Å². The fourth-order valence-corrected chi connectivity index (χ4v) is 2.44. The van der Waals surface area contributed by atoms with E-state index < -0.39 is 23.7 Å². The molecule has 0 spiro atoms. The number of hydrogen-bond acceptors (Lipinski definition) is 7. The minimum atomic E-state index is -1.05. The summed E-state index contributed by atoms with van der Waals surface area (Å²) in [6.45, 7) is 5.76. The number of aromatic nitrogens is 2. The third kappa shape index (κ3) is 7.32. The SMILES string of the molecule is CN(C(=O)OC(C)(C)C)c1cccc(CCOc2ccc(C[C@H](N)C(=O)O)cn2)n1. The van der Waals surface area contributed by atoms with Crippen LogP contribution in [0.3, 0.4) is 0 Å². The van der Waals surface area contributed by atoms with Gasteiger partial charge < -0.3 is 20.3 Å². The fraction of sp³-hybridized carbons (Fsp3) is 0.429. The number of rotatable bonds is 8. The first-order valence-corrected chi connectivity index (χ1v) is 9.54. The van der Waals surface area contributed by atoms with Crippen LogP contribution in [-0.2, 0) is 22.4 Å². The van der Waals surface area contributed by atoms with Gasteiger partial charge in [0, 0.05) is 31.4 Å². The van der Waals surface area contributed by atoms with Crippen LogP contribution in [0.15, 0.2) is 36.5 Å².